The van der Waals surface area contributed by atoms with Crippen molar-refractivity contribution in [2.24, 2.45) is 0 Å². The van der Waals surface area contributed by atoms with E-state index < -0.39 is 16.7 Å². The van der Waals surface area contributed by atoms with Crippen molar-refractivity contribution >= 4 is 17.7 Å². The number of alkyl halides is 3. The molecule has 0 spiro atoms. The summed E-state index contributed by atoms with van der Waals surface area (Å²) in [5.74, 6) is 0. The number of rotatable bonds is 2. The van der Waals surface area contributed by atoms with Crippen molar-refractivity contribution in [1.29, 1.82) is 0 Å². The first kappa shape index (κ1) is 12.5. The van der Waals surface area contributed by atoms with Gasteiger partial charge in [0.05, 0.1) is 10.5 Å². The predicted molar refractivity (Wildman–Crippen MR) is 52.5 cm³/mol. The van der Waals surface area contributed by atoms with Crippen LogP contribution >= 0.6 is 11.6 Å². The maximum atomic E-state index is 12.5. The molecule has 0 saturated heterocycles. The molecule has 1 aromatic rings. The predicted octanol–water partition coefficient (Wildman–Crippen LogP) is 3.61. The van der Waals surface area contributed by atoms with Crippen molar-refractivity contribution in [2.45, 2.75) is 6.18 Å². The van der Waals surface area contributed by atoms with E-state index in [1.165, 1.54) is 6.07 Å². The number of nitrogens with zero attached hydrogens (tertiary/aromatic N) is 1. The highest BCUT2D eigenvalue weighted by molar-refractivity contribution is 6.30. The molecule has 0 saturated carbocycles. The van der Waals surface area contributed by atoms with Gasteiger partial charge in [-0.25, -0.2) is 0 Å². The monoisotopic (exact) mass is 251 g/mol. The lowest BCUT2D eigenvalue weighted by molar-refractivity contribution is -0.400. The van der Waals surface area contributed by atoms with E-state index in [4.69, 9.17) is 11.6 Å². The van der Waals surface area contributed by atoms with Crippen LogP contribution in [0.25, 0.3) is 6.08 Å². The Morgan fingerprint density at radius 3 is 2.50 bits per heavy atom. The van der Waals surface area contributed by atoms with Crippen LogP contribution in [0.4, 0.5) is 13.2 Å². The van der Waals surface area contributed by atoms with E-state index in [1.807, 2.05) is 0 Å². The molecule has 3 nitrogen and oxygen atoms in total. The third-order valence-corrected chi connectivity index (χ3v) is 1.93. The van der Waals surface area contributed by atoms with Gasteiger partial charge in [0.15, 0.2) is 0 Å². The van der Waals surface area contributed by atoms with Gasteiger partial charge in [0.1, 0.15) is 0 Å². The smallest absolute Gasteiger partial charge is 0.259 e. The van der Waals surface area contributed by atoms with Gasteiger partial charge in [0, 0.05) is 11.1 Å². The summed E-state index contributed by atoms with van der Waals surface area (Å²) in [4.78, 5) is 9.17. The van der Waals surface area contributed by atoms with Crippen LogP contribution in [0.15, 0.2) is 24.4 Å². The van der Waals surface area contributed by atoms with E-state index >= 15 is 0 Å². The summed E-state index contributed by atoms with van der Waals surface area (Å²) in [6.45, 7) is 0. The van der Waals surface area contributed by atoms with Crippen molar-refractivity contribution in [1.82, 2.24) is 0 Å². The number of hydrogen-bond donors (Lipinski definition) is 0. The number of nitro groups is 1. The molecule has 0 aliphatic heterocycles. The first-order valence-corrected chi connectivity index (χ1v) is 4.37. The minimum Gasteiger partial charge on any atom is -0.259 e. The first-order valence-electron chi connectivity index (χ1n) is 3.99. The normalized spacial score (nSPS) is 12.0. The Balaban J connectivity index is 3.23. The number of halogens is 4. The molecule has 0 unspecified atom stereocenters. The van der Waals surface area contributed by atoms with Gasteiger partial charge in [-0.15, -0.1) is 0 Å². The van der Waals surface area contributed by atoms with Crippen molar-refractivity contribution in [3.05, 3.63) is 50.7 Å². The summed E-state index contributed by atoms with van der Waals surface area (Å²) >= 11 is 5.43. The molecule has 0 atom stereocenters. The van der Waals surface area contributed by atoms with Crippen molar-refractivity contribution in [2.75, 3.05) is 0 Å². The third-order valence-electron chi connectivity index (χ3n) is 1.70. The Hall–Kier alpha value is -1.56. The van der Waals surface area contributed by atoms with E-state index in [0.29, 0.717) is 6.20 Å². The minimum absolute atomic E-state index is 0.0782. The van der Waals surface area contributed by atoms with Crippen LogP contribution in [-0.4, -0.2) is 4.92 Å². The summed E-state index contributed by atoms with van der Waals surface area (Å²) in [6, 6.07) is 3.03. The van der Waals surface area contributed by atoms with Crippen LogP contribution in [0, 0.1) is 10.1 Å². The van der Waals surface area contributed by atoms with Gasteiger partial charge >= 0.3 is 6.18 Å². The Morgan fingerprint density at radius 2 is 2.00 bits per heavy atom. The highest BCUT2D eigenvalue weighted by Gasteiger charge is 2.33. The second-order valence-electron chi connectivity index (χ2n) is 2.83. The van der Waals surface area contributed by atoms with Gasteiger partial charge in [-0.05, 0) is 17.7 Å². The molecule has 0 radical (unpaired) electrons. The fourth-order valence-corrected chi connectivity index (χ4v) is 1.23. The van der Waals surface area contributed by atoms with E-state index in [2.05, 4.69) is 0 Å². The van der Waals surface area contributed by atoms with Gasteiger partial charge in [-0.2, -0.15) is 13.2 Å². The summed E-state index contributed by atoms with van der Waals surface area (Å²) in [6.07, 6.45) is -3.38. The molecule has 1 rings (SSSR count). The molecule has 0 amide bonds. The molecule has 86 valence electrons. The zero-order valence-corrected chi connectivity index (χ0v) is 8.42. The van der Waals surface area contributed by atoms with Gasteiger partial charge in [-0.3, -0.25) is 10.1 Å². The third kappa shape index (κ3) is 3.23. The van der Waals surface area contributed by atoms with Crippen LogP contribution in [-0.2, 0) is 6.18 Å². The van der Waals surface area contributed by atoms with Crippen molar-refractivity contribution in [3.8, 4) is 0 Å². The highest BCUT2D eigenvalue weighted by Crippen LogP contribution is 2.34. The molecular weight excluding hydrogens is 247 g/mol. The molecule has 0 N–H and O–H groups in total. The van der Waals surface area contributed by atoms with E-state index in [9.17, 15) is 23.3 Å². The Morgan fingerprint density at radius 1 is 1.38 bits per heavy atom. The maximum Gasteiger partial charge on any atom is 0.417 e. The molecule has 0 aliphatic rings. The average molecular weight is 252 g/mol. The van der Waals surface area contributed by atoms with Crippen molar-refractivity contribution in [3.63, 3.8) is 0 Å². The van der Waals surface area contributed by atoms with Crippen LogP contribution < -0.4 is 0 Å². The van der Waals surface area contributed by atoms with Gasteiger partial charge < -0.3 is 0 Å². The lowest BCUT2D eigenvalue weighted by Gasteiger charge is -2.09. The Labute approximate surface area is 93.3 Å². The molecule has 0 aliphatic carbocycles. The van der Waals surface area contributed by atoms with Gasteiger partial charge in [0.25, 0.3) is 0 Å². The second kappa shape index (κ2) is 4.52. The molecule has 0 fully saturated rings. The zero-order valence-electron chi connectivity index (χ0n) is 7.66. The zero-order chi connectivity index (χ0) is 12.3. The number of benzene rings is 1. The minimum atomic E-state index is -4.60. The number of hydrogen-bond acceptors (Lipinski definition) is 2. The van der Waals surface area contributed by atoms with Gasteiger partial charge in [-0.1, -0.05) is 17.7 Å². The Kier molecular flexibility index (Phi) is 3.54. The molecule has 0 bridgehead atoms. The van der Waals surface area contributed by atoms with Crippen LogP contribution in [0.1, 0.15) is 11.1 Å². The molecule has 0 aromatic heterocycles. The largest absolute Gasteiger partial charge is 0.417 e. The van der Waals surface area contributed by atoms with Crippen LogP contribution in [0.3, 0.4) is 0 Å². The topological polar surface area (TPSA) is 43.1 Å². The van der Waals surface area contributed by atoms with Crippen LogP contribution in [0.5, 0.6) is 0 Å². The lowest BCUT2D eigenvalue weighted by atomic mass is 10.1. The molecular formula is C9H5ClF3NO2. The van der Waals surface area contributed by atoms with E-state index in [0.717, 1.165) is 18.2 Å². The quantitative estimate of drug-likeness (QED) is 0.595. The maximum absolute atomic E-state index is 12.5. The standard InChI is InChI=1S/C9H5ClF3NO2/c10-7-2-1-6(3-4-14(15)16)8(5-7)9(11,12)13/h1-5H/b4-3+. The van der Waals surface area contributed by atoms with Crippen LogP contribution in [0.2, 0.25) is 5.02 Å². The Bertz CT molecular complexity index is 443. The average Bonchev–Trinajstić information content (AvgIpc) is 2.14. The molecule has 0 heterocycles. The van der Waals surface area contributed by atoms with E-state index in [-0.39, 0.29) is 10.6 Å². The fourth-order valence-electron chi connectivity index (χ4n) is 1.06. The first-order chi connectivity index (χ1) is 7.30. The molecule has 16 heavy (non-hydrogen) atoms. The summed E-state index contributed by atoms with van der Waals surface area (Å²) in [7, 11) is 0. The van der Waals surface area contributed by atoms with E-state index in [1.54, 1.807) is 0 Å². The van der Waals surface area contributed by atoms with Gasteiger partial charge in [0.2, 0.25) is 6.20 Å². The summed E-state index contributed by atoms with van der Waals surface area (Å²) in [5.41, 5.74) is -1.30. The summed E-state index contributed by atoms with van der Waals surface area (Å²) < 4.78 is 37.5. The SMILES string of the molecule is O=[N+]([O-])/C=C/c1ccc(Cl)cc1C(F)(F)F. The molecule has 7 heteroatoms. The fraction of sp³-hybridized carbons (Fsp3) is 0.111. The van der Waals surface area contributed by atoms with Crippen molar-refractivity contribution < 1.29 is 18.1 Å². The molecule has 1 aromatic carbocycles. The lowest BCUT2D eigenvalue weighted by Crippen LogP contribution is -2.07. The summed E-state index contributed by atoms with van der Waals surface area (Å²) in [5, 5.41) is 9.93. The second-order valence-corrected chi connectivity index (χ2v) is 3.27. The highest BCUT2D eigenvalue weighted by atomic mass is 35.5.